The molecule has 0 unspecified atom stereocenters. The third kappa shape index (κ3) is 4.13. The highest BCUT2D eigenvalue weighted by atomic mass is 16.5. The van der Waals surface area contributed by atoms with Gasteiger partial charge in [-0.05, 0) is 35.6 Å². The predicted molar refractivity (Wildman–Crippen MR) is 107 cm³/mol. The maximum absolute atomic E-state index is 13.0. The van der Waals surface area contributed by atoms with E-state index in [0.29, 0.717) is 12.4 Å². The summed E-state index contributed by atoms with van der Waals surface area (Å²) in [5.41, 5.74) is 3.85. The van der Waals surface area contributed by atoms with Gasteiger partial charge in [-0.15, -0.1) is 0 Å². The summed E-state index contributed by atoms with van der Waals surface area (Å²) in [5.74, 6) is 0.608. The first-order valence-corrected chi connectivity index (χ1v) is 9.20. The summed E-state index contributed by atoms with van der Waals surface area (Å²) in [6.45, 7) is 6.44. The van der Waals surface area contributed by atoms with E-state index < -0.39 is 5.41 Å². The highest BCUT2D eigenvalue weighted by molar-refractivity contribution is 6.03. The maximum atomic E-state index is 13.0. The third-order valence-corrected chi connectivity index (χ3v) is 4.50. The van der Waals surface area contributed by atoms with Gasteiger partial charge in [0.15, 0.2) is 5.76 Å². The Bertz CT molecular complexity index is 822. The minimum atomic E-state index is -0.466. The molecule has 0 amide bonds. The van der Waals surface area contributed by atoms with Crippen LogP contribution in [-0.2, 0) is 9.53 Å². The standard InChI is InChI=1S/C24H26O2/c1-24(2,3)23(25)22-20(15-10-16-26-22)21(19-13-8-5-9-14-19)17-18-11-6-4-7-12-18/h4-9,11-14,17H,10,15-16H2,1-3H3/b21-17-. The van der Waals surface area contributed by atoms with Gasteiger partial charge in [0.05, 0.1) is 6.61 Å². The normalized spacial score (nSPS) is 15.6. The van der Waals surface area contributed by atoms with Crippen molar-refractivity contribution in [2.75, 3.05) is 6.61 Å². The van der Waals surface area contributed by atoms with Crippen molar-refractivity contribution in [1.82, 2.24) is 0 Å². The van der Waals surface area contributed by atoms with Crippen LogP contribution in [0.1, 0.15) is 44.7 Å². The van der Waals surface area contributed by atoms with Crippen molar-refractivity contribution in [3.63, 3.8) is 0 Å². The lowest BCUT2D eigenvalue weighted by molar-refractivity contribution is -0.126. The Hall–Kier alpha value is -2.61. The van der Waals surface area contributed by atoms with Gasteiger partial charge in [0.2, 0.25) is 5.78 Å². The summed E-state index contributed by atoms with van der Waals surface area (Å²) in [4.78, 5) is 13.0. The molecule has 0 saturated carbocycles. The SMILES string of the molecule is CC(C)(C)C(=O)C1=C(/C(=C\c2ccccc2)c2ccccc2)CCCO1. The van der Waals surface area contributed by atoms with Crippen molar-refractivity contribution in [3.8, 4) is 0 Å². The molecule has 134 valence electrons. The van der Waals surface area contributed by atoms with E-state index >= 15 is 0 Å². The number of carbonyl (C=O) groups excluding carboxylic acids is 1. The van der Waals surface area contributed by atoms with Gasteiger partial charge in [-0.1, -0.05) is 81.4 Å². The Morgan fingerprint density at radius 1 is 0.962 bits per heavy atom. The number of hydrogen-bond acceptors (Lipinski definition) is 2. The van der Waals surface area contributed by atoms with E-state index in [-0.39, 0.29) is 5.78 Å². The number of hydrogen-bond donors (Lipinski definition) is 0. The van der Waals surface area contributed by atoms with E-state index in [1.165, 1.54) is 0 Å². The van der Waals surface area contributed by atoms with Crippen LogP contribution in [0.3, 0.4) is 0 Å². The van der Waals surface area contributed by atoms with Crippen LogP contribution < -0.4 is 0 Å². The number of allylic oxidation sites excluding steroid dienone is 3. The molecule has 2 aromatic rings. The fourth-order valence-electron chi connectivity index (χ4n) is 3.10. The van der Waals surface area contributed by atoms with Crippen LogP contribution in [0.4, 0.5) is 0 Å². The summed E-state index contributed by atoms with van der Waals surface area (Å²) in [6.07, 6.45) is 3.94. The van der Waals surface area contributed by atoms with E-state index in [0.717, 1.165) is 35.1 Å². The molecule has 2 nitrogen and oxygen atoms in total. The first-order chi connectivity index (χ1) is 12.5. The quantitative estimate of drug-likeness (QED) is 0.644. The lowest BCUT2D eigenvalue weighted by Crippen LogP contribution is -2.26. The van der Waals surface area contributed by atoms with Crippen molar-refractivity contribution in [3.05, 3.63) is 83.1 Å². The van der Waals surface area contributed by atoms with E-state index in [1.807, 2.05) is 57.2 Å². The van der Waals surface area contributed by atoms with Crippen molar-refractivity contribution >= 4 is 17.4 Å². The van der Waals surface area contributed by atoms with Crippen LogP contribution in [0.25, 0.3) is 11.6 Å². The zero-order chi connectivity index (χ0) is 18.6. The lowest BCUT2D eigenvalue weighted by atomic mass is 9.83. The molecule has 26 heavy (non-hydrogen) atoms. The largest absolute Gasteiger partial charge is 0.490 e. The molecule has 0 saturated heterocycles. The van der Waals surface area contributed by atoms with E-state index in [2.05, 4.69) is 30.3 Å². The van der Waals surface area contributed by atoms with Gasteiger partial charge in [0.1, 0.15) is 0 Å². The summed E-state index contributed by atoms with van der Waals surface area (Å²) >= 11 is 0. The van der Waals surface area contributed by atoms with E-state index in [9.17, 15) is 4.79 Å². The molecule has 0 aromatic heterocycles. The molecule has 2 heteroatoms. The highest BCUT2D eigenvalue weighted by Crippen LogP contribution is 2.36. The maximum Gasteiger partial charge on any atom is 0.202 e. The van der Waals surface area contributed by atoms with Crippen LogP contribution in [0, 0.1) is 5.41 Å². The van der Waals surface area contributed by atoms with Crippen LogP contribution in [-0.4, -0.2) is 12.4 Å². The first-order valence-electron chi connectivity index (χ1n) is 9.20. The first kappa shape index (κ1) is 18.2. The predicted octanol–water partition coefficient (Wildman–Crippen LogP) is 5.91. The molecular formula is C24H26O2. The van der Waals surface area contributed by atoms with Crippen molar-refractivity contribution in [1.29, 1.82) is 0 Å². The number of carbonyl (C=O) groups is 1. The lowest BCUT2D eigenvalue weighted by Gasteiger charge is -2.27. The van der Waals surface area contributed by atoms with E-state index in [4.69, 9.17) is 4.74 Å². The van der Waals surface area contributed by atoms with E-state index in [1.54, 1.807) is 0 Å². The third-order valence-electron chi connectivity index (χ3n) is 4.50. The zero-order valence-electron chi connectivity index (χ0n) is 15.8. The fraction of sp³-hybridized carbons (Fsp3) is 0.292. The van der Waals surface area contributed by atoms with Gasteiger partial charge in [-0.3, -0.25) is 4.79 Å². The smallest absolute Gasteiger partial charge is 0.202 e. The Balaban J connectivity index is 2.18. The fourth-order valence-corrected chi connectivity index (χ4v) is 3.10. The average molecular weight is 346 g/mol. The van der Waals surface area contributed by atoms with Crippen LogP contribution in [0.5, 0.6) is 0 Å². The molecule has 0 fully saturated rings. The Morgan fingerprint density at radius 2 is 1.58 bits per heavy atom. The van der Waals surface area contributed by atoms with Crippen molar-refractivity contribution in [2.24, 2.45) is 5.41 Å². The molecule has 1 aliphatic heterocycles. The van der Waals surface area contributed by atoms with Gasteiger partial charge < -0.3 is 4.74 Å². The van der Waals surface area contributed by atoms with Crippen LogP contribution >= 0.6 is 0 Å². The minimum absolute atomic E-state index is 0.0714. The summed E-state index contributed by atoms with van der Waals surface area (Å²) in [6, 6.07) is 20.5. The van der Waals surface area contributed by atoms with Crippen LogP contribution in [0.2, 0.25) is 0 Å². The highest BCUT2D eigenvalue weighted by Gasteiger charge is 2.31. The second-order valence-electron chi connectivity index (χ2n) is 7.67. The molecule has 0 aliphatic carbocycles. The number of Topliss-reactive ketones (excluding diaryl/α,β-unsaturated/α-hetero) is 1. The molecule has 3 rings (SSSR count). The van der Waals surface area contributed by atoms with Crippen molar-refractivity contribution in [2.45, 2.75) is 33.6 Å². The van der Waals surface area contributed by atoms with Gasteiger partial charge >= 0.3 is 0 Å². The molecule has 0 radical (unpaired) electrons. The minimum Gasteiger partial charge on any atom is -0.490 e. The number of ether oxygens (including phenoxy) is 1. The Morgan fingerprint density at radius 3 is 2.19 bits per heavy atom. The van der Waals surface area contributed by atoms with Gasteiger partial charge in [0, 0.05) is 11.0 Å². The average Bonchev–Trinajstić information content (AvgIpc) is 2.66. The van der Waals surface area contributed by atoms with Gasteiger partial charge in [0.25, 0.3) is 0 Å². The molecule has 1 aliphatic rings. The molecule has 0 N–H and O–H groups in total. The Kier molecular flexibility index (Phi) is 5.41. The second kappa shape index (κ2) is 7.74. The van der Waals surface area contributed by atoms with Gasteiger partial charge in [-0.25, -0.2) is 0 Å². The summed E-state index contributed by atoms with van der Waals surface area (Å²) < 4.78 is 5.91. The zero-order valence-corrected chi connectivity index (χ0v) is 15.8. The topological polar surface area (TPSA) is 26.3 Å². The number of ketones is 1. The monoisotopic (exact) mass is 346 g/mol. The second-order valence-corrected chi connectivity index (χ2v) is 7.67. The van der Waals surface area contributed by atoms with Crippen molar-refractivity contribution < 1.29 is 9.53 Å². The Labute approximate surface area is 156 Å². The van der Waals surface area contributed by atoms with Crippen LogP contribution in [0.15, 0.2) is 72.0 Å². The number of benzene rings is 2. The molecule has 0 spiro atoms. The van der Waals surface area contributed by atoms with Gasteiger partial charge in [-0.2, -0.15) is 0 Å². The molecule has 0 atom stereocenters. The molecular weight excluding hydrogens is 320 g/mol. The number of rotatable bonds is 4. The summed E-state index contributed by atoms with van der Waals surface area (Å²) in [5, 5.41) is 0. The summed E-state index contributed by atoms with van der Waals surface area (Å²) in [7, 11) is 0. The molecule has 2 aromatic carbocycles. The molecule has 1 heterocycles. The molecule has 0 bridgehead atoms.